The largest absolute Gasteiger partial charge is 0.457 e. The van der Waals surface area contributed by atoms with E-state index in [4.69, 9.17) is 19.5 Å². The predicted octanol–water partition coefficient (Wildman–Crippen LogP) is 4.56. The number of pyridine rings is 1. The van der Waals surface area contributed by atoms with Crippen LogP contribution in [0.15, 0.2) is 72.8 Å². The van der Waals surface area contributed by atoms with E-state index in [1.807, 2.05) is 36.4 Å². The van der Waals surface area contributed by atoms with Gasteiger partial charge in [0.15, 0.2) is 11.5 Å². The molecule has 0 bridgehead atoms. The molecule has 1 amide bonds. The van der Waals surface area contributed by atoms with Crippen LogP contribution in [0.3, 0.4) is 0 Å². The lowest BCUT2D eigenvalue weighted by molar-refractivity contribution is 0.0946. The number of ether oxygens (including phenoxy) is 3. The van der Waals surface area contributed by atoms with Crippen LogP contribution in [0.1, 0.15) is 21.6 Å². The van der Waals surface area contributed by atoms with Crippen molar-refractivity contribution < 1.29 is 19.0 Å². The van der Waals surface area contributed by atoms with E-state index in [0.717, 1.165) is 10.9 Å². The maximum absolute atomic E-state index is 12.6. The van der Waals surface area contributed by atoms with Crippen molar-refractivity contribution in [3.63, 3.8) is 0 Å². The molecule has 0 fully saturated rings. The molecule has 32 heavy (non-hydrogen) atoms. The normalized spacial score (nSPS) is 11.7. The summed E-state index contributed by atoms with van der Waals surface area (Å²) >= 11 is 0. The maximum Gasteiger partial charge on any atom is 0.270 e. The molecular weight excluding hydrogens is 406 g/mol. The van der Waals surface area contributed by atoms with Crippen molar-refractivity contribution in [1.82, 2.24) is 10.3 Å². The highest BCUT2D eigenvalue weighted by Gasteiger charge is 2.14. The van der Waals surface area contributed by atoms with Crippen molar-refractivity contribution in [2.45, 2.75) is 6.54 Å². The molecule has 1 aliphatic heterocycles. The fourth-order valence-electron chi connectivity index (χ4n) is 3.35. The number of hydrogen-bond donors (Lipinski definition) is 1. The highest BCUT2D eigenvalue weighted by Crippen LogP contribution is 2.32. The van der Waals surface area contributed by atoms with Crippen LogP contribution in [0.5, 0.6) is 23.0 Å². The van der Waals surface area contributed by atoms with Crippen molar-refractivity contribution >= 4 is 16.8 Å². The van der Waals surface area contributed by atoms with Crippen LogP contribution < -0.4 is 19.5 Å². The Labute approximate surface area is 183 Å². The van der Waals surface area contributed by atoms with E-state index >= 15 is 0 Å². The third-order valence-electron chi connectivity index (χ3n) is 5.00. The number of aromatic nitrogens is 1. The van der Waals surface area contributed by atoms with Crippen molar-refractivity contribution in [1.29, 1.82) is 5.26 Å². The molecule has 7 heteroatoms. The SMILES string of the molecule is N#Cc1ccc(Oc2ccc3nc(C(=O)NCc4ccc5c(c4)OCO5)ccc3c2)cc1. The minimum atomic E-state index is -0.262. The van der Waals surface area contributed by atoms with E-state index < -0.39 is 0 Å². The summed E-state index contributed by atoms with van der Waals surface area (Å²) in [4.78, 5) is 17.0. The Morgan fingerprint density at radius 1 is 0.969 bits per heavy atom. The van der Waals surface area contributed by atoms with E-state index in [2.05, 4.69) is 16.4 Å². The zero-order valence-electron chi connectivity index (χ0n) is 16.9. The lowest BCUT2D eigenvalue weighted by Gasteiger charge is -2.09. The monoisotopic (exact) mass is 423 g/mol. The molecule has 156 valence electrons. The van der Waals surface area contributed by atoms with Gasteiger partial charge in [0.2, 0.25) is 6.79 Å². The summed E-state index contributed by atoms with van der Waals surface area (Å²) in [5.41, 5.74) is 2.50. The molecule has 5 rings (SSSR count). The van der Waals surface area contributed by atoms with Gasteiger partial charge in [0.1, 0.15) is 17.2 Å². The van der Waals surface area contributed by atoms with Crippen molar-refractivity contribution in [2.24, 2.45) is 0 Å². The molecule has 0 saturated carbocycles. The lowest BCUT2D eigenvalue weighted by atomic mass is 10.1. The van der Waals surface area contributed by atoms with Crippen molar-refractivity contribution in [3.8, 4) is 29.1 Å². The third kappa shape index (κ3) is 4.02. The van der Waals surface area contributed by atoms with E-state index in [-0.39, 0.29) is 12.7 Å². The van der Waals surface area contributed by atoms with Gasteiger partial charge in [-0.05, 0) is 66.2 Å². The number of nitriles is 1. The second kappa shape index (κ2) is 8.28. The van der Waals surface area contributed by atoms with E-state index in [1.54, 1.807) is 36.4 Å². The Morgan fingerprint density at radius 3 is 2.62 bits per heavy atom. The summed E-state index contributed by atoms with van der Waals surface area (Å²) < 4.78 is 16.5. The summed E-state index contributed by atoms with van der Waals surface area (Å²) in [6.07, 6.45) is 0. The number of rotatable bonds is 5. The molecule has 1 aliphatic rings. The van der Waals surface area contributed by atoms with Gasteiger partial charge in [-0.15, -0.1) is 0 Å². The van der Waals surface area contributed by atoms with Crippen LogP contribution in [0.2, 0.25) is 0 Å². The number of nitrogens with one attached hydrogen (secondary N) is 1. The van der Waals surface area contributed by atoms with Crippen LogP contribution in [0.4, 0.5) is 0 Å². The minimum Gasteiger partial charge on any atom is -0.457 e. The minimum absolute atomic E-state index is 0.215. The first-order valence-electron chi connectivity index (χ1n) is 9.93. The highest BCUT2D eigenvalue weighted by atomic mass is 16.7. The number of amides is 1. The Balaban J connectivity index is 1.27. The van der Waals surface area contributed by atoms with Crippen LogP contribution in [0.25, 0.3) is 10.9 Å². The van der Waals surface area contributed by atoms with Gasteiger partial charge < -0.3 is 19.5 Å². The van der Waals surface area contributed by atoms with E-state index in [9.17, 15) is 4.79 Å². The maximum atomic E-state index is 12.6. The van der Waals surface area contributed by atoms with Crippen molar-refractivity contribution in [2.75, 3.05) is 6.79 Å². The number of fused-ring (bicyclic) bond motifs is 2. The Morgan fingerprint density at radius 2 is 1.78 bits per heavy atom. The van der Waals surface area contributed by atoms with Crippen LogP contribution in [-0.2, 0) is 6.54 Å². The average Bonchev–Trinajstić information content (AvgIpc) is 3.30. The van der Waals surface area contributed by atoms with Gasteiger partial charge in [0.05, 0.1) is 17.1 Å². The Bertz CT molecular complexity index is 1360. The molecule has 3 aromatic carbocycles. The molecule has 1 N–H and O–H groups in total. The first-order valence-corrected chi connectivity index (χ1v) is 9.93. The number of nitrogens with zero attached hydrogens (tertiary/aromatic N) is 2. The number of carbonyl (C=O) groups is 1. The van der Waals surface area contributed by atoms with Gasteiger partial charge >= 0.3 is 0 Å². The second-order valence-electron chi connectivity index (χ2n) is 7.16. The first-order chi connectivity index (χ1) is 15.7. The molecule has 0 spiro atoms. The zero-order chi connectivity index (χ0) is 21.9. The molecule has 0 aliphatic carbocycles. The fourth-order valence-corrected chi connectivity index (χ4v) is 3.35. The number of benzene rings is 3. The smallest absolute Gasteiger partial charge is 0.270 e. The summed E-state index contributed by atoms with van der Waals surface area (Å²) in [7, 11) is 0. The quantitative estimate of drug-likeness (QED) is 0.506. The molecule has 0 unspecified atom stereocenters. The standard InChI is InChI=1S/C25H17N3O4/c26-13-16-1-5-19(6-2-16)32-20-7-9-21-18(12-20)4-8-22(28-21)25(29)27-14-17-3-10-23-24(11-17)31-15-30-23/h1-12H,14-15H2,(H,27,29). The first kappa shape index (κ1) is 19.4. The zero-order valence-corrected chi connectivity index (χ0v) is 16.9. The number of hydrogen-bond acceptors (Lipinski definition) is 6. The van der Waals surface area contributed by atoms with Crippen LogP contribution >= 0.6 is 0 Å². The topological polar surface area (TPSA) is 93.5 Å². The molecular formula is C25H17N3O4. The van der Waals surface area contributed by atoms with Crippen LogP contribution in [-0.4, -0.2) is 17.7 Å². The Kier molecular flexibility index (Phi) is 5.02. The summed E-state index contributed by atoms with van der Waals surface area (Å²) in [6, 6.07) is 23.5. The second-order valence-corrected chi connectivity index (χ2v) is 7.16. The van der Waals surface area contributed by atoms with Crippen molar-refractivity contribution in [3.05, 3.63) is 89.6 Å². The molecule has 7 nitrogen and oxygen atoms in total. The fraction of sp³-hybridized carbons (Fsp3) is 0.0800. The molecule has 0 radical (unpaired) electrons. The average molecular weight is 423 g/mol. The molecule has 1 aromatic heterocycles. The van der Waals surface area contributed by atoms with E-state index in [1.165, 1.54) is 0 Å². The van der Waals surface area contributed by atoms with Crippen LogP contribution in [0, 0.1) is 11.3 Å². The van der Waals surface area contributed by atoms with Gasteiger partial charge in [-0.3, -0.25) is 4.79 Å². The van der Waals surface area contributed by atoms with Gasteiger partial charge in [0.25, 0.3) is 5.91 Å². The summed E-state index contributed by atoms with van der Waals surface area (Å²) in [5.74, 6) is 2.40. The lowest BCUT2D eigenvalue weighted by Crippen LogP contribution is -2.23. The number of carbonyl (C=O) groups excluding carboxylic acids is 1. The van der Waals surface area contributed by atoms with Gasteiger partial charge in [-0.2, -0.15) is 5.26 Å². The highest BCUT2D eigenvalue weighted by molar-refractivity contribution is 5.95. The molecule has 0 saturated heterocycles. The van der Waals surface area contributed by atoms with Gasteiger partial charge in [0, 0.05) is 11.9 Å². The molecule has 0 atom stereocenters. The Hall–Kier alpha value is -4.57. The van der Waals surface area contributed by atoms with Gasteiger partial charge in [-0.1, -0.05) is 12.1 Å². The predicted molar refractivity (Wildman–Crippen MR) is 117 cm³/mol. The molecule has 2 heterocycles. The summed E-state index contributed by atoms with van der Waals surface area (Å²) in [6.45, 7) is 0.568. The van der Waals surface area contributed by atoms with Gasteiger partial charge in [-0.25, -0.2) is 4.98 Å². The van der Waals surface area contributed by atoms with E-state index in [0.29, 0.717) is 46.3 Å². The third-order valence-corrected chi connectivity index (χ3v) is 5.00. The summed E-state index contributed by atoms with van der Waals surface area (Å²) in [5, 5.41) is 12.6. The molecule has 4 aromatic rings.